The van der Waals surface area contributed by atoms with Crippen LogP contribution in [0.3, 0.4) is 0 Å². The van der Waals surface area contributed by atoms with Gasteiger partial charge in [-0.05, 0) is 25.5 Å². The molecule has 1 aliphatic rings. The van der Waals surface area contributed by atoms with Crippen molar-refractivity contribution in [2.45, 2.75) is 13.3 Å². The van der Waals surface area contributed by atoms with Gasteiger partial charge in [0.15, 0.2) is 0 Å². The van der Waals surface area contributed by atoms with Crippen LogP contribution in [0.15, 0.2) is 34.6 Å². The van der Waals surface area contributed by atoms with E-state index in [0.29, 0.717) is 0 Å². The summed E-state index contributed by atoms with van der Waals surface area (Å²) in [5, 5.41) is 0. The third-order valence-corrected chi connectivity index (χ3v) is 2.16. The molecule has 1 aromatic heterocycles. The Balaban J connectivity index is 2.61. The summed E-state index contributed by atoms with van der Waals surface area (Å²) >= 11 is 0. The summed E-state index contributed by atoms with van der Waals surface area (Å²) in [6, 6.07) is 1.99. The second-order valence-electron chi connectivity index (χ2n) is 2.96. The van der Waals surface area contributed by atoms with E-state index in [-0.39, 0.29) is 0 Å². The summed E-state index contributed by atoms with van der Waals surface area (Å²) in [4.78, 5) is 0. The number of hydrogen-bond donors (Lipinski definition) is 1. The lowest BCUT2D eigenvalue weighted by atomic mass is 10.1. The minimum absolute atomic E-state index is 0.795. The summed E-state index contributed by atoms with van der Waals surface area (Å²) in [5.74, 6) is 0.928. The molecule has 0 saturated carbocycles. The molecule has 0 atom stereocenters. The van der Waals surface area contributed by atoms with Gasteiger partial charge in [-0.15, -0.1) is 0 Å². The predicted molar refractivity (Wildman–Crippen MR) is 48.3 cm³/mol. The van der Waals surface area contributed by atoms with E-state index in [4.69, 9.17) is 10.2 Å². The molecular formula is C10H11NO. The molecule has 1 aliphatic carbocycles. The highest BCUT2D eigenvalue weighted by molar-refractivity contribution is 5.68. The number of allylic oxidation sites excluding steroid dienone is 3. The van der Waals surface area contributed by atoms with Crippen molar-refractivity contribution in [3.05, 3.63) is 41.5 Å². The minimum Gasteiger partial charge on any atom is -0.464 e. The van der Waals surface area contributed by atoms with E-state index in [2.05, 4.69) is 6.08 Å². The van der Waals surface area contributed by atoms with Crippen LogP contribution in [0.2, 0.25) is 0 Å². The molecule has 0 fully saturated rings. The average molecular weight is 161 g/mol. The molecular weight excluding hydrogens is 150 g/mol. The normalized spacial score (nSPS) is 16.1. The molecule has 0 amide bonds. The third kappa shape index (κ3) is 0.961. The van der Waals surface area contributed by atoms with E-state index in [1.165, 1.54) is 5.56 Å². The molecule has 2 nitrogen and oxygen atoms in total. The molecule has 62 valence electrons. The molecule has 1 aromatic rings. The monoisotopic (exact) mass is 161 g/mol. The van der Waals surface area contributed by atoms with Crippen molar-refractivity contribution in [2.75, 3.05) is 0 Å². The van der Waals surface area contributed by atoms with Gasteiger partial charge in [0, 0.05) is 16.8 Å². The first-order chi connectivity index (χ1) is 5.79. The highest BCUT2D eigenvalue weighted by atomic mass is 16.3. The lowest BCUT2D eigenvalue weighted by Gasteiger charge is -1.99. The zero-order chi connectivity index (χ0) is 8.55. The molecule has 0 saturated heterocycles. The van der Waals surface area contributed by atoms with Crippen molar-refractivity contribution in [1.29, 1.82) is 0 Å². The Bertz CT molecular complexity index is 358. The van der Waals surface area contributed by atoms with E-state index in [0.717, 1.165) is 23.5 Å². The first-order valence-electron chi connectivity index (χ1n) is 3.98. The quantitative estimate of drug-likeness (QED) is 0.632. The Morgan fingerprint density at radius 2 is 2.33 bits per heavy atom. The second kappa shape index (κ2) is 2.55. The van der Waals surface area contributed by atoms with Gasteiger partial charge in [0.05, 0.1) is 6.26 Å². The summed E-state index contributed by atoms with van der Waals surface area (Å²) < 4.78 is 5.34. The standard InChI is InChI=1S/C10H11NO/c1-7-9(11)4-2-3-8-5-6-12-10(7)8/h2,4-6H,3,11H2,1H3. The van der Waals surface area contributed by atoms with Gasteiger partial charge < -0.3 is 10.2 Å². The van der Waals surface area contributed by atoms with Gasteiger partial charge in [0.2, 0.25) is 0 Å². The van der Waals surface area contributed by atoms with Crippen LogP contribution in [0.1, 0.15) is 18.2 Å². The number of rotatable bonds is 0. The van der Waals surface area contributed by atoms with Crippen molar-refractivity contribution in [2.24, 2.45) is 5.73 Å². The van der Waals surface area contributed by atoms with E-state index in [9.17, 15) is 0 Å². The lowest BCUT2D eigenvalue weighted by Crippen LogP contribution is -1.95. The van der Waals surface area contributed by atoms with Crippen molar-refractivity contribution < 1.29 is 4.42 Å². The van der Waals surface area contributed by atoms with Crippen LogP contribution in [0.5, 0.6) is 0 Å². The van der Waals surface area contributed by atoms with Crippen LogP contribution in [-0.4, -0.2) is 0 Å². The van der Waals surface area contributed by atoms with Crippen LogP contribution in [0.4, 0.5) is 0 Å². The van der Waals surface area contributed by atoms with Gasteiger partial charge in [-0.1, -0.05) is 6.08 Å². The number of nitrogens with two attached hydrogens (primary N) is 1. The summed E-state index contributed by atoms with van der Waals surface area (Å²) in [6.07, 6.45) is 6.61. The largest absolute Gasteiger partial charge is 0.464 e. The minimum atomic E-state index is 0.795. The van der Waals surface area contributed by atoms with E-state index in [1.807, 2.05) is 19.1 Å². The average Bonchev–Trinajstić information content (AvgIpc) is 2.46. The summed E-state index contributed by atoms with van der Waals surface area (Å²) in [6.45, 7) is 1.98. The van der Waals surface area contributed by atoms with Crippen molar-refractivity contribution in [3.8, 4) is 0 Å². The van der Waals surface area contributed by atoms with E-state index in [1.54, 1.807) is 6.26 Å². The SMILES string of the molecule is CC1=C(N)C=CCc2ccoc21. The molecule has 1 heterocycles. The molecule has 2 N–H and O–H groups in total. The van der Waals surface area contributed by atoms with Crippen LogP contribution < -0.4 is 5.73 Å². The molecule has 0 spiro atoms. The zero-order valence-corrected chi connectivity index (χ0v) is 7.00. The molecule has 0 aliphatic heterocycles. The Labute approximate surface area is 71.4 Å². The molecule has 2 rings (SSSR count). The smallest absolute Gasteiger partial charge is 0.135 e. The Kier molecular flexibility index (Phi) is 1.54. The topological polar surface area (TPSA) is 39.2 Å². The maximum atomic E-state index is 5.79. The van der Waals surface area contributed by atoms with Gasteiger partial charge >= 0.3 is 0 Å². The van der Waals surface area contributed by atoms with E-state index < -0.39 is 0 Å². The lowest BCUT2D eigenvalue weighted by molar-refractivity contribution is 0.549. The van der Waals surface area contributed by atoms with Crippen molar-refractivity contribution in [1.82, 2.24) is 0 Å². The molecule has 12 heavy (non-hydrogen) atoms. The van der Waals surface area contributed by atoms with E-state index >= 15 is 0 Å². The van der Waals surface area contributed by atoms with Crippen molar-refractivity contribution in [3.63, 3.8) is 0 Å². The van der Waals surface area contributed by atoms with Gasteiger partial charge in [-0.2, -0.15) is 0 Å². The Morgan fingerprint density at radius 1 is 1.50 bits per heavy atom. The van der Waals surface area contributed by atoms with Crippen LogP contribution in [-0.2, 0) is 6.42 Å². The predicted octanol–water partition coefficient (Wildman–Crippen LogP) is 2.08. The van der Waals surface area contributed by atoms with Crippen LogP contribution in [0, 0.1) is 0 Å². The van der Waals surface area contributed by atoms with Crippen LogP contribution >= 0.6 is 0 Å². The van der Waals surface area contributed by atoms with Crippen molar-refractivity contribution >= 4 is 5.57 Å². The van der Waals surface area contributed by atoms with Gasteiger partial charge in [0.25, 0.3) is 0 Å². The third-order valence-electron chi connectivity index (χ3n) is 2.16. The van der Waals surface area contributed by atoms with Gasteiger partial charge in [-0.25, -0.2) is 0 Å². The number of furan rings is 1. The molecule has 0 bridgehead atoms. The zero-order valence-electron chi connectivity index (χ0n) is 7.00. The fourth-order valence-corrected chi connectivity index (χ4v) is 1.39. The number of hydrogen-bond acceptors (Lipinski definition) is 2. The summed E-state index contributed by atoms with van der Waals surface area (Å²) in [7, 11) is 0. The molecule has 0 aromatic carbocycles. The number of fused-ring (bicyclic) bond motifs is 1. The molecule has 2 heteroatoms. The fraction of sp³-hybridized carbons (Fsp3) is 0.200. The van der Waals surface area contributed by atoms with Gasteiger partial charge in [0.1, 0.15) is 5.76 Å². The second-order valence-corrected chi connectivity index (χ2v) is 2.96. The molecule has 0 radical (unpaired) electrons. The first kappa shape index (κ1) is 7.22. The first-order valence-corrected chi connectivity index (χ1v) is 3.98. The highest BCUT2D eigenvalue weighted by Gasteiger charge is 2.11. The van der Waals surface area contributed by atoms with Crippen LogP contribution in [0.25, 0.3) is 5.57 Å². The Hall–Kier alpha value is -1.44. The van der Waals surface area contributed by atoms with Gasteiger partial charge in [-0.3, -0.25) is 0 Å². The maximum absolute atomic E-state index is 5.79. The molecule has 0 unspecified atom stereocenters. The Morgan fingerprint density at radius 3 is 3.17 bits per heavy atom. The highest BCUT2D eigenvalue weighted by Crippen LogP contribution is 2.25. The maximum Gasteiger partial charge on any atom is 0.135 e. The fourth-order valence-electron chi connectivity index (χ4n) is 1.39. The summed E-state index contributed by atoms with van der Waals surface area (Å²) in [5.41, 5.74) is 8.82.